The molecule has 134 valence electrons. The van der Waals surface area contributed by atoms with Gasteiger partial charge in [0.05, 0.1) is 12.2 Å². The molecule has 0 aromatic heterocycles. The van der Waals surface area contributed by atoms with Crippen LogP contribution in [0.5, 0.6) is 11.5 Å². The topological polar surface area (TPSA) is 120 Å². The highest BCUT2D eigenvalue weighted by atomic mass is 35.5. The van der Waals surface area contributed by atoms with Crippen molar-refractivity contribution < 1.29 is 22.3 Å². The van der Waals surface area contributed by atoms with Crippen molar-refractivity contribution >= 4 is 33.6 Å². The van der Waals surface area contributed by atoms with Crippen molar-refractivity contribution in [3.05, 3.63) is 53.6 Å². The van der Waals surface area contributed by atoms with E-state index in [1.54, 1.807) is 12.1 Å². The molecule has 0 amide bonds. The summed E-state index contributed by atoms with van der Waals surface area (Å²) in [5.74, 6) is 2.26. The molecule has 2 aromatic carbocycles. The van der Waals surface area contributed by atoms with Crippen molar-refractivity contribution in [2.45, 2.75) is 0 Å². The number of benzene rings is 2. The molecule has 0 atom stereocenters. The minimum Gasteiger partial charge on any atom is -0.455 e. The van der Waals surface area contributed by atoms with Gasteiger partial charge in [-0.25, -0.2) is 0 Å². The lowest BCUT2D eigenvalue weighted by Gasteiger charge is -2.13. The fourth-order valence-electron chi connectivity index (χ4n) is 1.90. The normalized spacial score (nSPS) is 13.2. The molecule has 0 saturated heterocycles. The molecule has 10 heteroatoms. The van der Waals surface area contributed by atoms with E-state index in [0.717, 1.165) is 36.2 Å². The van der Waals surface area contributed by atoms with Gasteiger partial charge in [0, 0.05) is 11.6 Å². The second-order valence-electron chi connectivity index (χ2n) is 4.78. The third kappa shape index (κ3) is 7.40. The smallest absolute Gasteiger partial charge is 0.394 e. The van der Waals surface area contributed by atoms with Gasteiger partial charge < -0.3 is 15.4 Å². The van der Waals surface area contributed by atoms with Gasteiger partial charge in [-0.2, -0.15) is 8.42 Å². The Bertz CT molecular complexity index is 833. The van der Waals surface area contributed by atoms with Crippen LogP contribution in [-0.2, 0) is 10.4 Å². The van der Waals surface area contributed by atoms with Crippen LogP contribution < -0.4 is 15.4 Å². The molecule has 8 nitrogen and oxygen atoms in total. The van der Waals surface area contributed by atoms with E-state index in [-0.39, 0.29) is 0 Å². The fourth-order valence-corrected chi connectivity index (χ4v) is 2.02. The van der Waals surface area contributed by atoms with E-state index in [9.17, 15) is 0 Å². The number of para-hydroxylation sites is 2. The van der Waals surface area contributed by atoms with E-state index in [1.165, 1.54) is 0 Å². The Morgan fingerprint density at radius 1 is 1.12 bits per heavy atom. The Hall–Kier alpha value is -2.33. The van der Waals surface area contributed by atoms with Gasteiger partial charge in [0.25, 0.3) is 0 Å². The van der Waals surface area contributed by atoms with Crippen LogP contribution in [0.4, 0.5) is 5.69 Å². The summed E-state index contributed by atoms with van der Waals surface area (Å²) in [6.07, 6.45) is 0. The van der Waals surface area contributed by atoms with Crippen molar-refractivity contribution in [2.75, 3.05) is 18.4 Å². The van der Waals surface area contributed by atoms with Crippen LogP contribution in [-0.4, -0.2) is 36.6 Å². The highest BCUT2D eigenvalue weighted by Gasteiger charge is 2.09. The van der Waals surface area contributed by atoms with Gasteiger partial charge in [0.2, 0.25) is 0 Å². The Labute approximate surface area is 150 Å². The minimum absolute atomic E-state index is 0.688. The number of hydrogen-bond donors (Lipinski definition) is 4. The quantitative estimate of drug-likeness (QED) is 0.599. The van der Waals surface area contributed by atoms with Crippen LogP contribution in [0.1, 0.15) is 0 Å². The summed E-state index contributed by atoms with van der Waals surface area (Å²) >= 11 is 5.87. The molecule has 0 radical (unpaired) electrons. The van der Waals surface area contributed by atoms with Crippen LogP contribution in [0.2, 0.25) is 5.02 Å². The molecule has 2 aromatic rings. The molecule has 0 aliphatic carbocycles. The Balaban J connectivity index is 0.000000399. The molecule has 25 heavy (non-hydrogen) atoms. The lowest BCUT2D eigenvalue weighted by molar-refractivity contribution is 0.381. The van der Waals surface area contributed by atoms with Crippen LogP contribution in [0.25, 0.3) is 0 Å². The molecular formula is C15H16ClN3O5S. The molecule has 0 fully saturated rings. The van der Waals surface area contributed by atoms with Gasteiger partial charge in [-0.15, -0.1) is 0 Å². The van der Waals surface area contributed by atoms with Gasteiger partial charge in [-0.3, -0.25) is 14.1 Å². The predicted molar refractivity (Wildman–Crippen MR) is 96.1 cm³/mol. The maximum Gasteiger partial charge on any atom is 0.394 e. The minimum atomic E-state index is -4.67. The second kappa shape index (κ2) is 8.67. The fraction of sp³-hybridized carbons (Fsp3) is 0.133. The summed E-state index contributed by atoms with van der Waals surface area (Å²) in [6, 6.07) is 15.0. The third-order valence-electron chi connectivity index (χ3n) is 2.86. The molecule has 1 aliphatic rings. The van der Waals surface area contributed by atoms with Crippen LogP contribution in [0.3, 0.4) is 0 Å². The first-order chi connectivity index (χ1) is 11.8. The number of aliphatic imine (C=N–C) groups is 1. The first kappa shape index (κ1) is 19.0. The van der Waals surface area contributed by atoms with Crippen LogP contribution in [0.15, 0.2) is 53.5 Å². The lowest BCUT2D eigenvalue weighted by atomic mass is 10.3. The summed E-state index contributed by atoms with van der Waals surface area (Å²) in [7, 11) is -4.67. The van der Waals surface area contributed by atoms with Gasteiger partial charge >= 0.3 is 10.4 Å². The van der Waals surface area contributed by atoms with Crippen molar-refractivity contribution in [3.8, 4) is 11.5 Å². The number of hydrogen-bond acceptors (Lipinski definition) is 6. The number of nitrogens with zero attached hydrogens (tertiary/aromatic N) is 1. The lowest BCUT2D eigenvalue weighted by Crippen LogP contribution is -2.26. The first-order valence-electron chi connectivity index (χ1n) is 7.09. The van der Waals surface area contributed by atoms with E-state index in [4.69, 9.17) is 33.9 Å². The van der Waals surface area contributed by atoms with Gasteiger partial charge in [0.15, 0.2) is 11.7 Å². The van der Waals surface area contributed by atoms with Crippen molar-refractivity contribution in [1.82, 2.24) is 5.32 Å². The number of anilines is 1. The first-order valence-corrected chi connectivity index (χ1v) is 8.86. The van der Waals surface area contributed by atoms with Gasteiger partial charge in [0.1, 0.15) is 5.75 Å². The maximum absolute atomic E-state index is 8.74. The summed E-state index contributed by atoms with van der Waals surface area (Å²) < 4.78 is 37.5. The average molecular weight is 386 g/mol. The zero-order chi connectivity index (χ0) is 18.3. The SMILES string of the molecule is Clc1ccc(Oc2ccccc2NC2=NCCN2)cc1.O=S(=O)(O)O. The Kier molecular flexibility index (Phi) is 6.59. The zero-order valence-electron chi connectivity index (χ0n) is 12.9. The molecule has 3 rings (SSSR count). The van der Waals surface area contributed by atoms with Crippen molar-refractivity contribution in [1.29, 1.82) is 0 Å². The molecule has 0 spiro atoms. The van der Waals surface area contributed by atoms with E-state index < -0.39 is 10.4 Å². The molecule has 4 N–H and O–H groups in total. The number of ether oxygens (including phenoxy) is 1. The standard InChI is InChI=1S/C15H14ClN3O.H2O4S/c16-11-5-7-12(8-6-11)20-14-4-2-1-3-13(14)19-15-17-9-10-18-15;1-5(2,3)4/h1-8H,9-10H2,(H2,17,18,19);(H2,1,2,3,4). The monoisotopic (exact) mass is 385 g/mol. The molecule has 0 saturated carbocycles. The average Bonchev–Trinajstić information content (AvgIpc) is 3.03. The highest BCUT2D eigenvalue weighted by Crippen LogP contribution is 2.29. The summed E-state index contributed by atoms with van der Waals surface area (Å²) in [5, 5.41) is 7.09. The summed E-state index contributed by atoms with van der Waals surface area (Å²) in [6.45, 7) is 1.66. The molecule has 1 heterocycles. The van der Waals surface area contributed by atoms with E-state index in [2.05, 4.69) is 15.6 Å². The number of nitrogens with one attached hydrogen (secondary N) is 2. The highest BCUT2D eigenvalue weighted by molar-refractivity contribution is 7.79. The molecular weight excluding hydrogens is 370 g/mol. The van der Waals surface area contributed by atoms with Crippen molar-refractivity contribution in [3.63, 3.8) is 0 Å². The summed E-state index contributed by atoms with van der Waals surface area (Å²) in [4.78, 5) is 4.31. The second-order valence-corrected chi connectivity index (χ2v) is 6.11. The van der Waals surface area contributed by atoms with Crippen LogP contribution in [0, 0.1) is 0 Å². The van der Waals surface area contributed by atoms with Gasteiger partial charge in [-0.1, -0.05) is 23.7 Å². The number of rotatable bonds is 3. The molecule has 1 aliphatic heterocycles. The van der Waals surface area contributed by atoms with E-state index >= 15 is 0 Å². The van der Waals surface area contributed by atoms with Crippen molar-refractivity contribution in [2.24, 2.45) is 4.99 Å². The Morgan fingerprint density at radius 2 is 1.76 bits per heavy atom. The van der Waals surface area contributed by atoms with Gasteiger partial charge in [-0.05, 0) is 36.4 Å². The zero-order valence-corrected chi connectivity index (χ0v) is 14.5. The Morgan fingerprint density at radius 3 is 2.36 bits per heavy atom. The largest absolute Gasteiger partial charge is 0.455 e. The predicted octanol–water partition coefficient (Wildman–Crippen LogP) is 2.85. The third-order valence-corrected chi connectivity index (χ3v) is 3.11. The molecule has 0 unspecified atom stereocenters. The maximum atomic E-state index is 8.74. The molecule has 0 bridgehead atoms. The van der Waals surface area contributed by atoms with E-state index in [1.807, 2.05) is 36.4 Å². The number of halogens is 1. The van der Waals surface area contributed by atoms with E-state index in [0.29, 0.717) is 5.02 Å². The van der Waals surface area contributed by atoms with Crippen LogP contribution >= 0.6 is 11.6 Å². The number of guanidine groups is 1. The summed E-state index contributed by atoms with van der Waals surface area (Å²) in [5.41, 5.74) is 0.871.